The van der Waals surface area contributed by atoms with Gasteiger partial charge in [-0.1, -0.05) is 34.1 Å². The zero-order valence-corrected chi connectivity index (χ0v) is 10.2. The van der Waals surface area contributed by atoms with Crippen LogP contribution in [0.3, 0.4) is 0 Å². The van der Waals surface area contributed by atoms with Crippen LogP contribution >= 0.6 is 15.9 Å². The van der Waals surface area contributed by atoms with Gasteiger partial charge in [0.15, 0.2) is 0 Å². The molecular formula is C12H11BrO3. The fourth-order valence-corrected chi connectivity index (χ4v) is 1.61. The Morgan fingerprint density at radius 2 is 2.12 bits per heavy atom. The number of benzene rings is 1. The molecule has 1 heterocycles. The molecule has 0 radical (unpaired) electrons. The molecule has 0 aliphatic rings. The van der Waals surface area contributed by atoms with E-state index in [0.29, 0.717) is 12.2 Å². The molecule has 84 valence electrons. The van der Waals surface area contributed by atoms with Crippen LogP contribution in [0.15, 0.2) is 39.5 Å². The molecule has 2 aromatic rings. The number of alkyl halides is 1. The molecule has 0 aliphatic heterocycles. The minimum atomic E-state index is -0.423. The van der Waals surface area contributed by atoms with E-state index < -0.39 is 5.63 Å². The zero-order valence-electron chi connectivity index (χ0n) is 8.61. The van der Waals surface area contributed by atoms with Crippen LogP contribution in [-0.4, -0.2) is 11.9 Å². The Morgan fingerprint density at radius 3 is 2.94 bits per heavy atom. The lowest BCUT2D eigenvalue weighted by Gasteiger charge is -2.04. The number of rotatable bonds is 4. The van der Waals surface area contributed by atoms with E-state index in [-0.39, 0.29) is 5.75 Å². The fourth-order valence-electron chi connectivity index (χ4n) is 1.38. The smallest absolute Gasteiger partial charge is 0.379 e. The topological polar surface area (TPSA) is 39.4 Å². The highest BCUT2D eigenvalue weighted by Gasteiger charge is 2.05. The van der Waals surface area contributed by atoms with Crippen molar-refractivity contribution in [3.8, 4) is 5.75 Å². The van der Waals surface area contributed by atoms with Gasteiger partial charge >= 0.3 is 5.63 Å². The summed E-state index contributed by atoms with van der Waals surface area (Å²) in [6, 6.07) is 9.09. The number of fused-ring (bicyclic) bond motifs is 1. The summed E-state index contributed by atoms with van der Waals surface area (Å²) in [6.45, 7) is 0.508. The highest BCUT2D eigenvalue weighted by atomic mass is 79.9. The van der Waals surface area contributed by atoms with Crippen molar-refractivity contribution in [1.29, 1.82) is 0 Å². The molecular weight excluding hydrogens is 272 g/mol. The largest absolute Gasteiger partial charge is 0.486 e. The fraction of sp³-hybridized carbons (Fsp3) is 0.250. The van der Waals surface area contributed by atoms with Crippen molar-refractivity contribution in [3.05, 3.63) is 40.8 Å². The maximum absolute atomic E-state index is 11.5. The Bertz CT molecular complexity index is 533. The third-order valence-electron chi connectivity index (χ3n) is 2.14. The van der Waals surface area contributed by atoms with E-state index in [9.17, 15) is 4.79 Å². The molecule has 1 aromatic heterocycles. The van der Waals surface area contributed by atoms with Crippen LogP contribution < -0.4 is 10.4 Å². The molecule has 1 aromatic carbocycles. The van der Waals surface area contributed by atoms with Gasteiger partial charge in [-0.3, -0.25) is 0 Å². The number of hydrogen-bond donors (Lipinski definition) is 0. The van der Waals surface area contributed by atoms with Crippen LogP contribution in [0.4, 0.5) is 0 Å². The first-order valence-corrected chi connectivity index (χ1v) is 6.15. The lowest BCUT2D eigenvalue weighted by Crippen LogP contribution is -2.08. The van der Waals surface area contributed by atoms with E-state index in [0.717, 1.165) is 17.1 Å². The third kappa shape index (κ3) is 2.44. The standard InChI is InChI=1S/C12H11BrO3/c13-6-3-7-15-11-8-9-4-1-2-5-10(9)16-12(11)14/h1-2,4-5,8H,3,6-7H2. The maximum Gasteiger partial charge on any atom is 0.379 e. The number of para-hydroxylation sites is 1. The quantitative estimate of drug-likeness (QED) is 0.492. The van der Waals surface area contributed by atoms with Gasteiger partial charge in [-0.15, -0.1) is 0 Å². The van der Waals surface area contributed by atoms with Crippen molar-refractivity contribution < 1.29 is 9.15 Å². The summed E-state index contributed by atoms with van der Waals surface area (Å²) in [5.41, 5.74) is 0.161. The van der Waals surface area contributed by atoms with E-state index in [4.69, 9.17) is 9.15 Å². The van der Waals surface area contributed by atoms with Crippen molar-refractivity contribution in [2.45, 2.75) is 6.42 Å². The second-order valence-electron chi connectivity index (χ2n) is 3.33. The average molecular weight is 283 g/mol. The molecule has 0 fully saturated rings. The minimum Gasteiger partial charge on any atom is -0.486 e. The van der Waals surface area contributed by atoms with Crippen molar-refractivity contribution in [1.82, 2.24) is 0 Å². The predicted molar refractivity (Wildman–Crippen MR) is 66.4 cm³/mol. The van der Waals surface area contributed by atoms with Gasteiger partial charge in [0.1, 0.15) is 5.58 Å². The van der Waals surface area contributed by atoms with E-state index in [1.807, 2.05) is 18.2 Å². The van der Waals surface area contributed by atoms with Crippen LogP contribution in [0, 0.1) is 0 Å². The summed E-state index contributed by atoms with van der Waals surface area (Å²) in [4.78, 5) is 11.5. The molecule has 0 amide bonds. The average Bonchev–Trinajstić information content (AvgIpc) is 2.30. The van der Waals surface area contributed by atoms with Gasteiger partial charge in [0.05, 0.1) is 6.61 Å². The SMILES string of the molecule is O=c1oc2ccccc2cc1OCCCBr. The lowest BCUT2D eigenvalue weighted by molar-refractivity contribution is 0.303. The van der Waals surface area contributed by atoms with E-state index >= 15 is 0 Å². The van der Waals surface area contributed by atoms with E-state index in [2.05, 4.69) is 15.9 Å². The van der Waals surface area contributed by atoms with Gasteiger partial charge in [-0.2, -0.15) is 0 Å². The van der Waals surface area contributed by atoms with Crippen molar-refractivity contribution in [3.63, 3.8) is 0 Å². The van der Waals surface area contributed by atoms with Gasteiger partial charge in [0, 0.05) is 10.7 Å². The van der Waals surface area contributed by atoms with Gasteiger partial charge in [0.25, 0.3) is 0 Å². The molecule has 0 N–H and O–H groups in total. The van der Waals surface area contributed by atoms with Crippen molar-refractivity contribution >= 4 is 26.9 Å². The second-order valence-corrected chi connectivity index (χ2v) is 4.12. The van der Waals surface area contributed by atoms with Crippen LogP contribution in [0.1, 0.15) is 6.42 Å². The van der Waals surface area contributed by atoms with Crippen LogP contribution in [-0.2, 0) is 0 Å². The molecule has 0 bridgehead atoms. The monoisotopic (exact) mass is 282 g/mol. The van der Waals surface area contributed by atoms with Crippen molar-refractivity contribution in [2.24, 2.45) is 0 Å². The Morgan fingerprint density at radius 1 is 1.31 bits per heavy atom. The predicted octanol–water partition coefficient (Wildman–Crippen LogP) is 2.96. The Hall–Kier alpha value is -1.29. The summed E-state index contributed by atoms with van der Waals surface area (Å²) in [7, 11) is 0. The van der Waals surface area contributed by atoms with Gasteiger partial charge < -0.3 is 9.15 Å². The first-order chi connectivity index (χ1) is 7.81. The summed E-state index contributed by atoms with van der Waals surface area (Å²) in [6.07, 6.45) is 0.853. The van der Waals surface area contributed by atoms with Gasteiger partial charge in [-0.25, -0.2) is 4.79 Å². The Labute approximate surface area is 101 Å². The summed E-state index contributed by atoms with van der Waals surface area (Å²) in [5.74, 6) is 0.277. The number of hydrogen-bond acceptors (Lipinski definition) is 3. The van der Waals surface area contributed by atoms with Crippen LogP contribution in [0.25, 0.3) is 11.0 Å². The summed E-state index contributed by atoms with van der Waals surface area (Å²) in [5, 5.41) is 1.72. The number of halogens is 1. The molecule has 0 unspecified atom stereocenters. The third-order valence-corrected chi connectivity index (χ3v) is 2.71. The first-order valence-electron chi connectivity index (χ1n) is 5.03. The minimum absolute atomic E-state index is 0.277. The van der Waals surface area contributed by atoms with E-state index in [1.54, 1.807) is 12.1 Å². The summed E-state index contributed by atoms with van der Waals surface area (Å²) >= 11 is 3.30. The van der Waals surface area contributed by atoms with Gasteiger partial charge in [-0.05, 0) is 18.6 Å². The lowest BCUT2D eigenvalue weighted by atomic mass is 10.2. The van der Waals surface area contributed by atoms with Crippen LogP contribution in [0.5, 0.6) is 5.75 Å². The normalized spacial score (nSPS) is 10.6. The highest BCUT2D eigenvalue weighted by Crippen LogP contribution is 2.16. The zero-order chi connectivity index (χ0) is 11.4. The van der Waals surface area contributed by atoms with Crippen LogP contribution in [0.2, 0.25) is 0 Å². The highest BCUT2D eigenvalue weighted by molar-refractivity contribution is 9.09. The molecule has 2 rings (SSSR count). The molecule has 0 spiro atoms. The molecule has 16 heavy (non-hydrogen) atoms. The molecule has 0 aliphatic carbocycles. The summed E-state index contributed by atoms with van der Waals surface area (Å²) < 4.78 is 10.5. The molecule has 0 saturated heterocycles. The molecule has 4 heteroatoms. The van der Waals surface area contributed by atoms with E-state index in [1.165, 1.54) is 0 Å². The molecule has 3 nitrogen and oxygen atoms in total. The van der Waals surface area contributed by atoms with Crippen molar-refractivity contribution in [2.75, 3.05) is 11.9 Å². The Balaban J connectivity index is 2.31. The first kappa shape index (κ1) is 11.2. The van der Waals surface area contributed by atoms with Gasteiger partial charge in [0.2, 0.25) is 5.75 Å². The maximum atomic E-state index is 11.5. The molecule has 0 atom stereocenters. The Kier molecular flexibility index (Phi) is 3.62. The molecule has 0 saturated carbocycles. The second kappa shape index (κ2) is 5.16. The number of ether oxygens (including phenoxy) is 1.